The van der Waals surface area contributed by atoms with Crippen LogP contribution in [0.2, 0.25) is 33.2 Å². The molecule has 51 heavy (non-hydrogen) atoms. The van der Waals surface area contributed by atoms with Crippen molar-refractivity contribution in [2.45, 2.75) is 194 Å². The second-order valence-electron chi connectivity index (χ2n) is 18.7. The fourth-order valence-corrected chi connectivity index (χ4v) is 22.9. The van der Waals surface area contributed by atoms with E-state index >= 15 is 0 Å². The lowest BCUT2D eigenvalue weighted by atomic mass is 9.61. The van der Waals surface area contributed by atoms with E-state index in [1.165, 1.54) is 43.3 Å². The first-order valence-corrected chi connectivity index (χ1v) is 25.0. The number of hydrogen-bond donors (Lipinski definition) is 1. The Bertz CT molecular complexity index is 1260. The molecule has 0 bridgehead atoms. The van der Waals surface area contributed by atoms with Crippen molar-refractivity contribution >= 4 is 22.6 Å². The van der Waals surface area contributed by atoms with Crippen molar-refractivity contribution in [2.24, 2.45) is 23.2 Å². The summed E-state index contributed by atoms with van der Waals surface area (Å²) in [4.78, 5) is 10.9. The molecule has 0 aromatic rings. The van der Waals surface area contributed by atoms with Gasteiger partial charge in [0.2, 0.25) is 16.6 Å². The topological polar surface area (TPSA) is 55.8 Å². The molecule has 290 valence electrons. The molecule has 0 aromatic heterocycles. The predicted octanol–water partition coefficient (Wildman–Crippen LogP) is 13.8. The van der Waals surface area contributed by atoms with Crippen molar-refractivity contribution in [3.63, 3.8) is 0 Å². The Kier molecular flexibility index (Phi) is 15.7. The van der Waals surface area contributed by atoms with Gasteiger partial charge >= 0.3 is 5.97 Å². The van der Waals surface area contributed by atoms with Crippen LogP contribution in [-0.4, -0.2) is 39.9 Å². The first kappa shape index (κ1) is 43.9. The zero-order chi connectivity index (χ0) is 38.5. The first-order chi connectivity index (χ1) is 23.7. The highest BCUT2D eigenvalue weighted by Crippen LogP contribution is 2.59. The van der Waals surface area contributed by atoms with Crippen molar-refractivity contribution in [3.05, 3.63) is 59.8 Å². The predicted molar refractivity (Wildman–Crippen MR) is 224 cm³/mol. The van der Waals surface area contributed by atoms with Crippen molar-refractivity contribution in [3.8, 4) is 0 Å². The number of carboxylic acids is 1. The van der Waals surface area contributed by atoms with Crippen molar-refractivity contribution < 1.29 is 18.8 Å². The quantitative estimate of drug-likeness (QED) is 0.127. The lowest BCUT2D eigenvalue weighted by Crippen LogP contribution is -2.54. The van der Waals surface area contributed by atoms with E-state index in [9.17, 15) is 4.79 Å². The van der Waals surface area contributed by atoms with Gasteiger partial charge in [0.15, 0.2) is 0 Å². The summed E-state index contributed by atoms with van der Waals surface area (Å²) in [6.45, 7) is 38.5. The standard InChI is InChI=1S/C45H78O4Si2/c1-30(2)50(31(3)4,32(5)6)48-40-28-39(37(14)43(29-40)49-51(33(7)8,34(9)10)35(11)12)24-23-38-21-19-27-45(15)41(25-26-42(38)45)36(13)20-17-16-18-22-44(46)47/h16-18,20,23-24,30-36,40-43H,14,19,21-22,25-29H2,1-13,15H3,(H,46,47)/t36-,40+,41-,42+,43-,45-/m1/s1. The van der Waals surface area contributed by atoms with Crippen molar-refractivity contribution in [2.75, 3.05) is 0 Å². The third-order valence-corrected chi connectivity index (χ3v) is 26.2. The zero-order valence-corrected chi connectivity index (χ0v) is 37.4. The highest BCUT2D eigenvalue weighted by atomic mass is 28.4. The molecule has 0 heterocycles. The van der Waals surface area contributed by atoms with Crippen LogP contribution in [0.3, 0.4) is 0 Å². The Hall–Kier alpha value is -1.48. The summed E-state index contributed by atoms with van der Waals surface area (Å²) in [5.74, 6) is 0.908. The van der Waals surface area contributed by atoms with Gasteiger partial charge in [-0.25, -0.2) is 0 Å². The normalized spacial score (nSPS) is 29.1. The van der Waals surface area contributed by atoms with E-state index in [1.807, 2.05) is 6.08 Å². The van der Waals surface area contributed by atoms with Gasteiger partial charge in [-0.15, -0.1) is 0 Å². The Labute approximate surface area is 317 Å². The summed E-state index contributed by atoms with van der Waals surface area (Å²) < 4.78 is 15.2. The maximum absolute atomic E-state index is 10.9. The summed E-state index contributed by atoms with van der Waals surface area (Å²) >= 11 is 0. The maximum atomic E-state index is 10.9. The molecule has 0 radical (unpaired) electrons. The first-order valence-electron chi connectivity index (χ1n) is 20.7. The Morgan fingerprint density at radius 1 is 0.843 bits per heavy atom. The fourth-order valence-electron chi connectivity index (χ4n) is 11.8. The van der Waals surface area contributed by atoms with Gasteiger partial charge in [-0.1, -0.05) is 146 Å². The molecule has 0 spiro atoms. The molecule has 3 saturated carbocycles. The number of allylic oxidation sites excluding steroid dienone is 6. The van der Waals surface area contributed by atoms with Gasteiger partial charge in [0, 0.05) is 6.42 Å². The number of carbonyl (C=O) groups is 1. The highest BCUT2D eigenvalue weighted by Gasteiger charge is 2.52. The molecule has 3 aliphatic rings. The molecule has 1 N–H and O–H groups in total. The van der Waals surface area contributed by atoms with Crippen LogP contribution in [0, 0.1) is 23.2 Å². The number of fused-ring (bicyclic) bond motifs is 1. The molecule has 3 aliphatic carbocycles. The van der Waals surface area contributed by atoms with Crippen LogP contribution in [-0.2, 0) is 13.6 Å². The maximum Gasteiger partial charge on any atom is 0.307 e. The van der Waals surface area contributed by atoms with Gasteiger partial charge in [-0.3, -0.25) is 4.79 Å². The molecule has 4 nitrogen and oxygen atoms in total. The van der Waals surface area contributed by atoms with E-state index in [2.05, 4.69) is 121 Å². The smallest absolute Gasteiger partial charge is 0.307 e. The summed E-state index contributed by atoms with van der Waals surface area (Å²) in [7, 11) is -4.24. The zero-order valence-electron chi connectivity index (χ0n) is 35.4. The molecule has 3 rings (SSSR count). The highest BCUT2D eigenvalue weighted by molar-refractivity contribution is 6.78. The van der Waals surface area contributed by atoms with Crippen LogP contribution in [0.5, 0.6) is 0 Å². The number of carboxylic acid groups (broad SMARTS) is 1. The van der Waals surface area contributed by atoms with Crippen LogP contribution in [0.4, 0.5) is 0 Å². The van der Waals surface area contributed by atoms with E-state index in [0.29, 0.717) is 51.0 Å². The fraction of sp³-hybridized carbons (Fsp3) is 0.756. The molecule has 0 aromatic carbocycles. The molecule has 0 amide bonds. The van der Waals surface area contributed by atoms with E-state index in [0.717, 1.165) is 12.8 Å². The van der Waals surface area contributed by atoms with Crippen molar-refractivity contribution in [1.82, 2.24) is 0 Å². The van der Waals surface area contributed by atoms with E-state index in [1.54, 1.807) is 11.6 Å². The third kappa shape index (κ3) is 9.43. The van der Waals surface area contributed by atoms with Gasteiger partial charge in [0.25, 0.3) is 0 Å². The lowest BCUT2D eigenvalue weighted by molar-refractivity contribution is -0.136. The molecular weight excluding hydrogens is 661 g/mol. The van der Waals surface area contributed by atoms with E-state index in [-0.39, 0.29) is 24.0 Å². The molecule has 6 atom stereocenters. The molecule has 0 saturated heterocycles. The van der Waals surface area contributed by atoms with Gasteiger partial charge in [0.1, 0.15) is 0 Å². The Morgan fingerprint density at radius 2 is 1.39 bits per heavy atom. The number of aliphatic carboxylic acids is 1. The SMILES string of the molecule is C=C1C(=CC=C2CCC[C@]3(C)[C@@H]([C@H](C)C=CC=CCC(=O)O)CC[C@@H]23)C[C@H](O[Si](C(C)C)(C(C)C)C(C)C)C[C@H]1O[Si](C(C)C)(C(C)C)C(C)C. The minimum absolute atomic E-state index is 0.00452. The monoisotopic (exact) mass is 739 g/mol. The van der Waals surface area contributed by atoms with Gasteiger partial charge in [0.05, 0.1) is 18.6 Å². The second-order valence-corrected chi connectivity index (χ2v) is 29.6. The molecule has 3 fully saturated rings. The largest absolute Gasteiger partial charge is 0.481 e. The van der Waals surface area contributed by atoms with Crippen LogP contribution in [0.1, 0.15) is 148 Å². The molecule has 0 aliphatic heterocycles. The summed E-state index contributed by atoms with van der Waals surface area (Å²) in [6, 6.07) is 0. The Morgan fingerprint density at radius 3 is 1.92 bits per heavy atom. The average molecular weight is 739 g/mol. The third-order valence-electron chi connectivity index (χ3n) is 14.0. The molecular formula is C45H78O4Si2. The lowest BCUT2D eigenvalue weighted by Gasteiger charge is -2.49. The molecule has 0 unspecified atom stereocenters. The van der Waals surface area contributed by atoms with Crippen LogP contribution in [0.25, 0.3) is 0 Å². The second kappa shape index (κ2) is 18.2. The van der Waals surface area contributed by atoms with Crippen LogP contribution >= 0.6 is 0 Å². The number of rotatable bonds is 16. The minimum Gasteiger partial charge on any atom is -0.481 e. The van der Waals surface area contributed by atoms with E-state index < -0.39 is 22.6 Å². The van der Waals surface area contributed by atoms with Crippen LogP contribution < -0.4 is 0 Å². The average Bonchev–Trinajstić information content (AvgIpc) is 3.38. The summed E-state index contributed by atoms with van der Waals surface area (Å²) in [6.07, 6.45) is 21.2. The van der Waals surface area contributed by atoms with Gasteiger partial charge in [-0.05, 0) is 106 Å². The molecule has 6 heteroatoms. The van der Waals surface area contributed by atoms with E-state index in [4.69, 9.17) is 20.5 Å². The van der Waals surface area contributed by atoms with Crippen LogP contribution in [0.15, 0.2) is 59.8 Å². The van der Waals surface area contributed by atoms with Gasteiger partial charge < -0.3 is 14.0 Å². The number of hydrogen-bond acceptors (Lipinski definition) is 3. The minimum atomic E-state index is -2.14. The van der Waals surface area contributed by atoms with Gasteiger partial charge in [-0.2, -0.15) is 0 Å². The Balaban J connectivity index is 2.00. The summed E-state index contributed by atoms with van der Waals surface area (Å²) in [5.41, 5.74) is 7.61. The van der Waals surface area contributed by atoms with Crippen molar-refractivity contribution in [1.29, 1.82) is 0 Å². The summed E-state index contributed by atoms with van der Waals surface area (Å²) in [5, 5.41) is 8.96.